The lowest BCUT2D eigenvalue weighted by atomic mass is 9.87. The van der Waals surface area contributed by atoms with Crippen molar-refractivity contribution in [3.8, 4) is 0 Å². The van der Waals surface area contributed by atoms with Gasteiger partial charge in [-0.3, -0.25) is 0 Å². The number of aliphatic hydroxyl groups excluding tert-OH is 1. The first-order chi connectivity index (χ1) is 8.13. The van der Waals surface area contributed by atoms with Crippen LogP contribution in [0.1, 0.15) is 37.2 Å². The molecule has 1 heterocycles. The summed E-state index contributed by atoms with van der Waals surface area (Å²) in [4.78, 5) is 8.62. The second kappa shape index (κ2) is 5.45. The standard InChI is InChI=1S/C13H21N3O/c1-9-7-13(16-10(2)15-9)14-8-11-3-5-12(17)6-4-11/h7,11-12,17H,3-6,8H2,1-2H3,(H,14,15,16). The molecular formula is C13H21N3O. The van der Waals surface area contributed by atoms with Crippen LogP contribution in [0.5, 0.6) is 0 Å². The molecule has 1 aliphatic rings. The van der Waals surface area contributed by atoms with Crippen molar-refractivity contribution in [1.82, 2.24) is 9.97 Å². The Morgan fingerprint density at radius 1 is 1.24 bits per heavy atom. The van der Waals surface area contributed by atoms with E-state index in [2.05, 4.69) is 15.3 Å². The van der Waals surface area contributed by atoms with Gasteiger partial charge >= 0.3 is 0 Å². The second-order valence-electron chi connectivity index (χ2n) is 5.00. The number of nitrogens with one attached hydrogen (secondary N) is 1. The predicted molar refractivity (Wildman–Crippen MR) is 68.0 cm³/mol. The van der Waals surface area contributed by atoms with E-state index in [4.69, 9.17) is 0 Å². The van der Waals surface area contributed by atoms with E-state index in [1.165, 1.54) is 0 Å². The van der Waals surface area contributed by atoms with Crippen molar-refractivity contribution in [3.05, 3.63) is 17.6 Å². The van der Waals surface area contributed by atoms with Gasteiger partial charge in [-0.1, -0.05) is 0 Å². The Labute approximate surface area is 102 Å². The third-order valence-corrected chi connectivity index (χ3v) is 3.35. The van der Waals surface area contributed by atoms with E-state index < -0.39 is 0 Å². The Morgan fingerprint density at radius 2 is 1.94 bits per heavy atom. The van der Waals surface area contributed by atoms with Crippen molar-refractivity contribution < 1.29 is 5.11 Å². The van der Waals surface area contributed by atoms with Crippen LogP contribution in [-0.4, -0.2) is 27.7 Å². The Morgan fingerprint density at radius 3 is 2.59 bits per heavy atom. The monoisotopic (exact) mass is 235 g/mol. The predicted octanol–water partition coefficient (Wildman–Crippen LogP) is 2.06. The molecule has 0 bridgehead atoms. The molecule has 1 fully saturated rings. The Balaban J connectivity index is 1.85. The normalized spacial score (nSPS) is 24.6. The summed E-state index contributed by atoms with van der Waals surface area (Å²) in [5, 5.41) is 12.8. The van der Waals surface area contributed by atoms with Crippen LogP contribution >= 0.6 is 0 Å². The zero-order valence-corrected chi connectivity index (χ0v) is 10.6. The van der Waals surface area contributed by atoms with Crippen LogP contribution in [0.3, 0.4) is 0 Å². The highest BCUT2D eigenvalue weighted by Gasteiger charge is 2.19. The van der Waals surface area contributed by atoms with Crippen LogP contribution in [-0.2, 0) is 0 Å². The van der Waals surface area contributed by atoms with Gasteiger partial charge in [0.25, 0.3) is 0 Å². The molecule has 0 atom stereocenters. The van der Waals surface area contributed by atoms with Gasteiger partial charge in [0, 0.05) is 18.3 Å². The van der Waals surface area contributed by atoms with Gasteiger partial charge in [-0.25, -0.2) is 9.97 Å². The van der Waals surface area contributed by atoms with E-state index in [0.29, 0.717) is 5.92 Å². The maximum absolute atomic E-state index is 9.44. The average Bonchev–Trinajstić information content (AvgIpc) is 2.27. The van der Waals surface area contributed by atoms with Gasteiger partial charge in [-0.15, -0.1) is 0 Å². The van der Waals surface area contributed by atoms with E-state index >= 15 is 0 Å². The van der Waals surface area contributed by atoms with Crippen LogP contribution in [0.25, 0.3) is 0 Å². The highest BCUT2D eigenvalue weighted by atomic mass is 16.3. The quantitative estimate of drug-likeness (QED) is 0.842. The molecule has 4 nitrogen and oxygen atoms in total. The summed E-state index contributed by atoms with van der Waals surface area (Å²) >= 11 is 0. The summed E-state index contributed by atoms with van der Waals surface area (Å²) in [6.07, 6.45) is 4.02. The first-order valence-electron chi connectivity index (χ1n) is 6.37. The molecule has 0 amide bonds. The molecule has 0 spiro atoms. The molecule has 1 aromatic rings. The van der Waals surface area contributed by atoms with Crippen LogP contribution in [0.2, 0.25) is 0 Å². The Hall–Kier alpha value is -1.16. The molecule has 0 unspecified atom stereocenters. The molecule has 4 heteroatoms. The highest BCUT2D eigenvalue weighted by Crippen LogP contribution is 2.24. The molecule has 1 aliphatic carbocycles. The van der Waals surface area contributed by atoms with Crippen LogP contribution in [0.15, 0.2) is 6.07 Å². The number of hydrogen-bond acceptors (Lipinski definition) is 4. The van der Waals surface area contributed by atoms with Crippen molar-refractivity contribution in [3.63, 3.8) is 0 Å². The van der Waals surface area contributed by atoms with E-state index in [-0.39, 0.29) is 6.10 Å². The molecule has 94 valence electrons. The van der Waals surface area contributed by atoms with Crippen molar-refractivity contribution >= 4 is 5.82 Å². The fraction of sp³-hybridized carbons (Fsp3) is 0.692. The van der Waals surface area contributed by atoms with Crippen LogP contribution < -0.4 is 5.32 Å². The molecule has 0 aliphatic heterocycles. The van der Waals surface area contributed by atoms with E-state index in [0.717, 1.165) is 49.6 Å². The highest BCUT2D eigenvalue weighted by molar-refractivity contribution is 5.35. The topological polar surface area (TPSA) is 58.0 Å². The minimum Gasteiger partial charge on any atom is -0.393 e. The first-order valence-corrected chi connectivity index (χ1v) is 6.37. The van der Waals surface area contributed by atoms with Crippen LogP contribution in [0, 0.1) is 19.8 Å². The summed E-state index contributed by atoms with van der Waals surface area (Å²) in [6.45, 7) is 4.84. The van der Waals surface area contributed by atoms with Gasteiger partial charge in [0.1, 0.15) is 11.6 Å². The van der Waals surface area contributed by atoms with E-state index in [9.17, 15) is 5.11 Å². The largest absolute Gasteiger partial charge is 0.393 e. The summed E-state index contributed by atoms with van der Waals surface area (Å²) in [5.74, 6) is 2.39. The molecular weight excluding hydrogens is 214 g/mol. The number of anilines is 1. The summed E-state index contributed by atoms with van der Waals surface area (Å²) in [6, 6.07) is 1.98. The third kappa shape index (κ3) is 3.66. The van der Waals surface area contributed by atoms with Crippen molar-refractivity contribution in [2.45, 2.75) is 45.6 Å². The second-order valence-corrected chi connectivity index (χ2v) is 5.00. The lowest BCUT2D eigenvalue weighted by Gasteiger charge is -2.25. The van der Waals surface area contributed by atoms with Gasteiger partial charge in [0.05, 0.1) is 6.10 Å². The van der Waals surface area contributed by atoms with Crippen molar-refractivity contribution in [2.75, 3.05) is 11.9 Å². The third-order valence-electron chi connectivity index (χ3n) is 3.35. The van der Waals surface area contributed by atoms with Crippen LogP contribution in [0.4, 0.5) is 5.82 Å². The summed E-state index contributed by atoms with van der Waals surface area (Å²) in [5.41, 5.74) is 0.999. The maximum Gasteiger partial charge on any atom is 0.129 e. The van der Waals surface area contributed by atoms with Crippen molar-refractivity contribution in [1.29, 1.82) is 0 Å². The zero-order chi connectivity index (χ0) is 12.3. The molecule has 0 radical (unpaired) electrons. The lowest BCUT2D eigenvalue weighted by molar-refractivity contribution is 0.111. The first kappa shape index (κ1) is 12.3. The summed E-state index contributed by atoms with van der Waals surface area (Å²) in [7, 11) is 0. The van der Waals surface area contributed by atoms with Gasteiger partial charge in [0.15, 0.2) is 0 Å². The van der Waals surface area contributed by atoms with Crippen molar-refractivity contribution in [2.24, 2.45) is 5.92 Å². The molecule has 1 saturated carbocycles. The minimum atomic E-state index is -0.0743. The van der Waals surface area contributed by atoms with Gasteiger partial charge < -0.3 is 10.4 Å². The number of nitrogens with zero attached hydrogens (tertiary/aromatic N) is 2. The number of hydrogen-bond donors (Lipinski definition) is 2. The Bertz CT molecular complexity index is 353. The average molecular weight is 235 g/mol. The fourth-order valence-corrected chi connectivity index (χ4v) is 2.41. The fourth-order valence-electron chi connectivity index (χ4n) is 2.41. The smallest absolute Gasteiger partial charge is 0.129 e. The van der Waals surface area contributed by atoms with Gasteiger partial charge in [-0.2, -0.15) is 0 Å². The molecule has 1 aromatic heterocycles. The van der Waals surface area contributed by atoms with E-state index in [1.807, 2.05) is 19.9 Å². The number of aryl methyl sites for hydroxylation is 2. The zero-order valence-electron chi connectivity index (χ0n) is 10.6. The molecule has 17 heavy (non-hydrogen) atoms. The summed E-state index contributed by atoms with van der Waals surface area (Å²) < 4.78 is 0. The molecule has 0 aromatic carbocycles. The Kier molecular flexibility index (Phi) is 3.94. The number of rotatable bonds is 3. The van der Waals surface area contributed by atoms with Gasteiger partial charge in [-0.05, 0) is 45.4 Å². The maximum atomic E-state index is 9.44. The molecule has 2 rings (SSSR count). The molecule has 2 N–H and O–H groups in total. The van der Waals surface area contributed by atoms with E-state index in [1.54, 1.807) is 0 Å². The minimum absolute atomic E-state index is 0.0743. The lowest BCUT2D eigenvalue weighted by Crippen LogP contribution is -2.23. The SMILES string of the molecule is Cc1cc(NCC2CCC(O)CC2)nc(C)n1. The number of aliphatic hydroxyl groups is 1. The molecule has 0 saturated heterocycles. The van der Waals surface area contributed by atoms with Gasteiger partial charge in [0.2, 0.25) is 0 Å². The number of aromatic nitrogens is 2.